The number of nitrogens with zero attached hydrogens (tertiary/aromatic N) is 3. The van der Waals surface area contributed by atoms with Gasteiger partial charge in [0.15, 0.2) is 0 Å². The molecule has 18 heavy (non-hydrogen) atoms. The van der Waals surface area contributed by atoms with E-state index in [4.69, 9.17) is 15.0 Å². The van der Waals surface area contributed by atoms with Gasteiger partial charge in [0.1, 0.15) is 0 Å². The Balaban J connectivity index is 1.72. The smallest absolute Gasteiger partial charge is 0.266 e. The van der Waals surface area contributed by atoms with Crippen LogP contribution in [0.25, 0.3) is 0 Å². The van der Waals surface area contributed by atoms with E-state index in [1.54, 1.807) is 0 Å². The second kappa shape index (κ2) is 7.33. The monoisotopic (exact) mass is 254 g/mol. The molecule has 0 spiro atoms. The van der Waals surface area contributed by atoms with Gasteiger partial charge in [-0.05, 0) is 24.5 Å². The molecule has 2 rings (SSSR count). The van der Waals surface area contributed by atoms with Crippen LogP contribution in [0.5, 0.6) is 0 Å². The van der Waals surface area contributed by atoms with Crippen LogP contribution in [0.3, 0.4) is 0 Å². The summed E-state index contributed by atoms with van der Waals surface area (Å²) < 4.78 is 10.5. The highest BCUT2D eigenvalue weighted by Gasteiger charge is 2.16. The lowest BCUT2D eigenvalue weighted by Gasteiger charge is -2.24. The second-order valence-corrected chi connectivity index (χ2v) is 4.54. The highest BCUT2D eigenvalue weighted by molar-refractivity contribution is 5.27. The third kappa shape index (κ3) is 3.96. The van der Waals surface area contributed by atoms with E-state index < -0.39 is 0 Å². The number of ether oxygens (including phenoxy) is 1. The number of aryl methyl sites for hydroxylation is 1. The highest BCUT2D eigenvalue weighted by Crippen LogP contribution is 2.13. The molecule has 0 saturated carbocycles. The Morgan fingerprint density at radius 3 is 2.67 bits per heavy atom. The van der Waals surface area contributed by atoms with Gasteiger partial charge in [-0.1, -0.05) is 12.8 Å². The lowest BCUT2D eigenvalue weighted by molar-refractivity contribution is 0.121. The molecule has 1 aromatic rings. The SMILES string of the molecule is NCCCCCCc1nc(N2CCOCC2)no1. The largest absolute Gasteiger partial charge is 0.378 e. The van der Waals surface area contributed by atoms with Gasteiger partial charge in [-0.25, -0.2) is 0 Å². The predicted octanol–water partition coefficient (Wildman–Crippen LogP) is 0.968. The zero-order valence-corrected chi connectivity index (χ0v) is 10.8. The van der Waals surface area contributed by atoms with E-state index in [2.05, 4.69) is 15.0 Å². The molecular weight excluding hydrogens is 232 g/mol. The molecule has 0 atom stereocenters. The first kappa shape index (κ1) is 13.3. The molecule has 0 bridgehead atoms. The fourth-order valence-corrected chi connectivity index (χ4v) is 2.01. The Bertz CT molecular complexity index is 337. The fraction of sp³-hybridized carbons (Fsp3) is 0.833. The minimum Gasteiger partial charge on any atom is -0.378 e. The maximum absolute atomic E-state index is 5.45. The van der Waals surface area contributed by atoms with Crippen LogP contribution in [0, 0.1) is 0 Å². The van der Waals surface area contributed by atoms with Gasteiger partial charge in [0.05, 0.1) is 13.2 Å². The molecule has 6 heteroatoms. The average Bonchev–Trinajstić information content (AvgIpc) is 2.88. The minimum absolute atomic E-state index is 0.704. The van der Waals surface area contributed by atoms with Crippen molar-refractivity contribution in [2.75, 3.05) is 37.7 Å². The molecule has 1 aliphatic heterocycles. The van der Waals surface area contributed by atoms with Gasteiger partial charge in [-0.2, -0.15) is 4.98 Å². The molecule has 102 valence electrons. The standard InChI is InChI=1S/C12H22N4O2/c13-6-4-2-1-3-5-11-14-12(15-18-11)16-7-9-17-10-8-16/h1-10,13H2. The molecule has 0 aromatic carbocycles. The number of hydrogen-bond acceptors (Lipinski definition) is 6. The van der Waals surface area contributed by atoms with Gasteiger partial charge in [-0.3, -0.25) is 0 Å². The van der Waals surface area contributed by atoms with Crippen LogP contribution in [0.1, 0.15) is 31.6 Å². The van der Waals surface area contributed by atoms with E-state index in [0.717, 1.165) is 58.0 Å². The summed E-state index contributed by atoms with van der Waals surface area (Å²) in [6, 6.07) is 0. The summed E-state index contributed by atoms with van der Waals surface area (Å²) in [5, 5.41) is 4.02. The zero-order valence-electron chi connectivity index (χ0n) is 10.8. The molecule has 1 aromatic heterocycles. The molecule has 0 unspecified atom stereocenters. The molecule has 2 heterocycles. The van der Waals surface area contributed by atoms with Crippen LogP contribution in [0.4, 0.5) is 5.95 Å². The summed E-state index contributed by atoms with van der Waals surface area (Å²) in [5.74, 6) is 1.44. The third-order valence-electron chi connectivity index (χ3n) is 3.10. The van der Waals surface area contributed by atoms with Crippen molar-refractivity contribution in [1.82, 2.24) is 10.1 Å². The number of aromatic nitrogens is 2. The Labute approximate surface area is 107 Å². The molecule has 0 amide bonds. The molecule has 2 N–H and O–H groups in total. The van der Waals surface area contributed by atoms with Crippen molar-refractivity contribution in [2.24, 2.45) is 5.73 Å². The first-order chi connectivity index (χ1) is 8.90. The molecule has 1 fully saturated rings. The molecule has 1 aliphatic rings. The van der Waals surface area contributed by atoms with Gasteiger partial charge in [0, 0.05) is 19.5 Å². The Morgan fingerprint density at radius 1 is 1.11 bits per heavy atom. The van der Waals surface area contributed by atoms with E-state index in [1.165, 1.54) is 12.8 Å². The fourth-order valence-electron chi connectivity index (χ4n) is 2.01. The molecule has 0 radical (unpaired) electrons. The maximum atomic E-state index is 5.45. The lowest BCUT2D eigenvalue weighted by atomic mass is 10.1. The zero-order chi connectivity index (χ0) is 12.6. The van der Waals surface area contributed by atoms with Gasteiger partial charge in [0.2, 0.25) is 5.89 Å². The quantitative estimate of drug-likeness (QED) is 0.730. The first-order valence-corrected chi connectivity index (χ1v) is 6.75. The number of morpholine rings is 1. The van der Waals surface area contributed by atoms with Crippen LogP contribution >= 0.6 is 0 Å². The topological polar surface area (TPSA) is 77.4 Å². The van der Waals surface area contributed by atoms with Gasteiger partial charge >= 0.3 is 0 Å². The normalized spacial score (nSPS) is 16.2. The van der Waals surface area contributed by atoms with Crippen LogP contribution < -0.4 is 10.6 Å². The van der Waals surface area contributed by atoms with Crippen molar-refractivity contribution < 1.29 is 9.26 Å². The number of unbranched alkanes of at least 4 members (excludes halogenated alkanes) is 3. The summed E-state index contributed by atoms with van der Waals surface area (Å²) in [4.78, 5) is 6.52. The average molecular weight is 254 g/mol. The van der Waals surface area contributed by atoms with E-state index in [0.29, 0.717) is 5.95 Å². The predicted molar refractivity (Wildman–Crippen MR) is 68.6 cm³/mol. The van der Waals surface area contributed by atoms with Crippen molar-refractivity contribution in [3.8, 4) is 0 Å². The lowest BCUT2D eigenvalue weighted by Crippen LogP contribution is -2.36. The Hall–Kier alpha value is -1.14. The summed E-state index contributed by atoms with van der Waals surface area (Å²) in [6.07, 6.45) is 5.41. The molecule has 1 saturated heterocycles. The number of anilines is 1. The maximum Gasteiger partial charge on any atom is 0.266 e. The van der Waals surface area contributed by atoms with Crippen molar-refractivity contribution in [2.45, 2.75) is 32.1 Å². The van der Waals surface area contributed by atoms with Gasteiger partial charge < -0.3 is 19.9 Å². The van der Waals surface area contributed by atoms with Crippen molar-refractivity contribution in [1.29, 1.82) is 0 Å². The van der Waals surface area contributed by atoms with E-state index >= 15 is 0 Å². The van der Waals surface area contributed by atoms with Crippen LogP contribution in [-0.2, 0) is 11.2 Å². The van der Waals surface area contributed by atoms with E-state index in [1.807, 2.05) is 0 Å². The minimum atomic E-state index is 0.704. The number of hydrogen-bond donors (Lipinski definition) is 1. The number of rotatable bonds is 7. The molecular formula is C12H22N4O2. The van der Waals surface area contributed by atoms with E-state index in [9.17, 15) is 0 Å². The summed E-state index contributed by atoms with van der Waals surface area (Å²) >= 11 is 0. The van der Waals surface area contributed by atoms with Crippen LogP contribution in [0.15, 0.2) is 4.52 Å². The van der Waals surface area contributed by atoms with Crippen LogP contribution in [0.2, 0.25) is 0 Å². The molecule has 6 nitrogen and oxygen atoms in total. The van der Waals surface area contributed by atoms with Crippen molar-refractivity contribution in [3.05, 3.63) is 5.89 Å². The summed E-state index contributed by atoms with van der Waals surface area (Å²) in [7, 11) is 0. The summed E-state index contributed by atoms with van der Waals surface area (Å²) in [5.41, 5.74) is 5.45. The first-order valence-electron chi connectivity index (χ1n) is 6.75. The molecule has 0 aliphatic carbocycles. The van der Waals surface area contributed by atoms with Gasteiger partial charge in [-0.15, -0.1) is 0 Å². The van der Waals surface area contributed by atoms with Crippen molar-refractivity contribution in [3.63, 3.8) is 0 Å². The highest BCUT2D eigenvalue weighted by atomic mass is 16.5. The third-order valence-corrected chi connectivity index (χ3v) is 3.10. The van der Waals surface area contributed by atoms with Gasteiger partial charge in [0.25, 0.3) is 5.95 Å². The van der Waals surface area contributed by atoms with Crippen molar-refractivity contribution >= 4 is 5.95 Å². The number of nitrogens with two attached hydrogens (primary N) is 1. The van der Waals surface area contributed by atoms with Crippen LogP contribution in [-0.4, -0.2) is 43.0 Å². The summed E-state index contributed by atoms with van der Waals surface area (Å²) in [6.45, 7) is 3.94. The van der Waals surface area contributed by atoms with E-state index in [-0.39, 0.29) is 0 Å². The second-order valence-electron chi connectivity index (χ2n) is 4.54. The Morgan fingerprint density at radius 2 is 1.89 bits per heavy atom. The Kier molecular flexibility index (Phi) is 5.41.